The van der Waals surface area contributed by atoms with Crippen molar-refractivity contribution < 1.29 is 14.0 Å². The lowest BCUT2D eigenvalue weighted by Gasteiger charge is -2.34. The molecule has 0 spiro atoms. The number of fused-ring (bicyclic) bond motifs is 1. The van der Waals surface area contributed by atoms with Crippen molar-refractivity contribution in [1.82, 2.24) is 9.80 Å². The van der Waals surface area contributed by atoms with Gasteiger partial charge in [-0.1, -0.05) is 22.0 Å². The van der Waals surface area contributed by atoms with Gasteiger partial charge in [0.15, 0.2) is 5.78 Å². The number of hydrogen-bond acceptors (Lipinski definition) is 4. The molecule has 0 aliphatic carbocycles. The highest BCUT2D eigenvalue weighted by Gasteiger charge is 2.32. The SMILES string of the molecule is O=CC1c2ccc(Br)cc2CN1CC1CCN(CC(=O)c2ccc(F)cc2)CC1. The van der Waals surface area contributed by atoms with Crippen LogP contribution < -0.4 is 0 Å². The number of halogens is 2. The molecule has 1 atom stereocenters. The molecule has 4 nitrogen and oxygen atoms in total. The smallest absolute Gasteiger partial charge is 0.176 e. The summed E-state index contributed by atoms with van der Waals surface area (Å²) >= 11 is 3.51. The first-order valence-corrected chi connectivity index (χ1v) is 10.8. The Labute approximate surface area is 178 Å². The number of likely N-dealkylation sites (tertiary alicyclic amines) is 1. The van der Waals surface area contributed by atoms with E-state index in [0.29, 0.717) is 18.0 Å². The lowest BCUT2D eigenvalue weighted by molar-refractivity contribution is -0.112. The predicted octanol–water partition coefficient (Wildman–Crippen LogP) is 4.24. The summed E-state index contributed by atoms with van der Waals surface area (Å²) in [4.78, 5) is 28.6. The number of hydrogen-bond donors (Lipinski definition) is 0. The fourth-order valence-corrected chi connectivity index (χ4v) is 4.85. The minimum Gasteiger partial charge on any atom is -0.301 e. The number of ketones is 1. The Morgan fingerprint density at radius 1 is 1.14 bits per heavy atom. The molecule has 1 fully saturated rings. The Morgan fingerprint density at radius 2 is 1.86 bits per heavy atom. The van der Waals surface area contributed by atoms with Crippen molar-refractivity contribution in [1.29, 1.82) is 0 Å². The average Bonchev–Trinajstić information content (AvgIpc) is 3.05. The Bertz CT molecular complexity index is 894. The van der Waals surface area contributed by atoms with Gasteiger partial charge in [0.05, 0.1) is 12.6 Å². The first-order chi connectivity index (χ1) is 14.0. The molecular formula is C23H24BrFN2O2. The summed E-state index contributed by atoms with van der Waals surface area (Å²) in [6.45, 7) is 3.82. The number of benzene rings is 2. The van der Waals surface area contributed by atoms with Crippen LogP contribution in [-0.2, 0) is 11.3 Å². The topological polar surface area (TPSA) is 40.6 Å². The number of carbonyl (C=O) groups is 2. The van der Waals surface area contributed by atoms with Crippen molar-refractivity contribution in [3.8, 4) is 0 Å². The van der Waals surface area contributed by atoms with Crippen LogP contribution in [0.3, 0.4) is 0 Å². The average molecular weight is 459 g/mol. The molecule has 4 rings (SSSR count). The molecule has 0 N–H and O–H groups in total. The third-order valence-electron chi connectivity index (χ3n) is 6.05. The van der Waals surface area contributed by atoms with Gasteiger partial charge in [0.2, 0.25) is 0 Å². The van der Waals surface area contributed by atoms with Crippen molar-refractivity contribution in [3.05, 3.63) is 69.4 Å². The maximum absolute atomic E-state index is 13.0. The van der Waals surface area contributed by atoms with E-state index in [9.17, 15) is 14.0 Å². The number of nitrogens with zero attached hydrogens (tertiary/aromatic N) is 2. The Kier molecular flexibility index (Phi) is 6.23. The third kappa shape index (κ3) is 4.65. The fraction of sp³-hybridized carbons (Fsp3) is 0.391. The van der Waals surface area contributed by atoms with Gasteiger partial charge in [-0.25, -0.2) is 4.39 Å². The molecule has 0 radical (unpaired) electrons. The van der Waals surface area contributed by atoms with Crippen LogP contribution in [0.4, 0.5) is 4.39 Å². The second-order valence-electron chi connectivity index (χ2n) is 8.00. The van der Waals surface area contributed by atoms with Crippen LogP contribution in [0.5, 0.6) is 0 Å². The maximum atomic E-state index is 13.0. The zero-order valence-corrected chi connectivity index (χ0v) is 17.8. The fourth-order valence-electron chi connectivity index (χ4n) is 4.44. The van der Waals surface area contributed by atoms with Gasteiger partial charge in [-0.15, -0.1) is 0 Å². The molecule has 0 bridgehead atoms. The van der Waals surface area contributed by atoms with E-state index in [0.717, 1.165) is 55.3 Å². The summed E-state index contributed by atoms with van der Waals surface area (Å²) in [5, 5.41) is 0. The van der Waals surface area contributed by atoms with Gasteiger partial charge in [-0.2, -0.15) is 0 Å². The molecule has 0 saturated carbocycles. The van der Waals surface area contributed by atoms with Gasteiger partial charge in [0, 0.05) is 23.1 Å². The van der Waals surface area contributed by atoms with Gasteiger partial charge < -0.3 is 4.79 Å². The van der Waals surface area contributed by atoms with E-state index < -0.39 is 0 Å². The molecule has 2 aliphatic heterocycles. The van der Waals surface area contributed by atoms with E-state index in [1.807, 2.05) is 12.1 Å². The molecule has 1 unspecified atom stereocenters. The van der Waals surface area contributed by atoms with E-state index in [4.69, 9.17) is 0 Å². The lowest BCUT2D eigenvalue weighted by Crippen LogP contribution is -2.40. The first-order valence-electron chi connectivity index (χ1n) is 10.0. The maximum Gasteiger partial charge on any atom is 0.176 e. The van der Waals surface area contributed by atoms with Gasteiger partial charge in [0.1, 0.15) is 12.1 Å². The predicted molar refractivity (Wildman–Crippen MR) is 113 cm³/mol. The summed E-state index contributed by atoms with van der Waals surface area (Å²) in [6.07, 6.45) is 3.08. The summed E-state index contributed by atoms with van der Waals surface area (Å²) in [5.74, 6) is 0.227. The van der Waals surface area contributed by atoms with Crippen molar-refractivity contribution in [3.63, 3.8) is 0 Å². The zero-order chi connectivity index (χ0) is 20.4. The lowest BCUT2D eigenvalue weighted by atomic mass is 9.95. The minimum atomic E-state index is -0.326. The molecule has 2 aliphatic rings. The third-order valence-corrected chi connectivity index (χ3v) is 6.55. The monoisotopic (exact) mass is 458 g/mol. The molecule has 0 amide bonds. The van der Waals surface area contributed by atoms with E-state index in [1.165, 1.54) is 17.7 Å². The van der Waals surface area contributed by atoms with E-state index in [1.54, 1.807) is 12.1 Å². The molecule has 6 heteroatoms. The highest BCUT2D eigenvalue weighted by Crippen LogP contribution is 2.35. The molecule has 152 valence electrons. The second-order valence-corrected chi connectivity index (χ2v) is 8.92. The number of aldehydes is 1. The van der Waals surface area contributed by atoms with Crippen LogP contribution in [0.15, 0.2) is 46.9 Å². The highest BCUT2D eigenvalue weighted by atomic mass is 79.9. The minimum absolute atomic E-state index is 0.0324. The summed E-state index contributed by atoms with van der Waals surface area (Å²) in [7, 11) is 0. The Balaban J connectivity index is 1.29. The van der Waals surface area contributed by atoms with Crippen LogP contribution in [0.25, 0.3) is 0 Å². The van der Waals surface area contributed by atoms with Crippen LogP contribution >= 0.6 is 15.9 Å². The van der Waals surface area contributed by atoms with Gasteiger partial charge in [-0.05, 0) is 79.4 Å². The quantitative estimate of drug-likeness (QED) is 0.479. The van der Waals surface area contributed by atoms with Crippen LogP contribution in [0, 0.1) is 11.7 Å². The van der Waals surface area contributed by atoms with Crippen LogP contribution in [0.2, 0.25) is 0 Å². The Hall–Kier alpha value is -1.89. The number of rotatable bonds is 6. The number of piperidine rings is 1. The van der Waals surface area contributed by atoms with E-state index in [2.05, 4.69) is 31.8 Å². The Morgan fingerprint density at radius 3 is 2.55 bits per heavy atom. The molecule has 2 heterocycles. The summed E-state index contributed by atoms with van der Waals surface area (Å²) in [6, 6.07) is 11.7. The van der Waals surface area contributed by atoms with E-state index >= 15 is 0 Å². The van der Waals surface area contributed by atoms with Gasteiger partial charge >= 0.3 is 0 Å². The van der Waals surface area contributed by atoms with Crippen molar-refractivity contribution >= 4 is 28.0 Å². The molecule has 0 aromatic heterocycles. The van der Waals surface area contributed by atoms with Crippen molar-refractivity contribution in [2.75, 3.05) is 26.2 Å². The molecular weight excluding hydrogens is 435 g/mol. The van der Waals surface area contributed by atoms with E-state index in [-0.39, 0.29) is 17.6 Å². The normalized spacial score (nSPS) is 20.6. The highest BCUT2D eigenvalue weighted by molar-refractivity contribution is 9.10. The zero-order valence-electron chi connectivity index (χ0n) is 16.2. The molecule has 1 saturated heterocycles. The summed E-state index contributed by atoms with van der Waals surface area (Å²) in [5.41, 5.74) is 2.90. The van der Waals surface area contributed by atoms with Crippen LogP contribution in [0.1, 0.15) is 40.4 Å². The molecule has 2 aromatic carbocycles. The summed E-state index contributed by atoms with van der Waals surface area (Å²) < 4.78 is 14.1. The largest absolute Gasteiger partial charge is 0.301 e. The number of carbonyl (C=O) groups excluding carboxylic acids is 2. The van der Waals surface area contributed by atoms with Crippen LogP contribution in [-0.4, -0.2) is 48.0 Å². The molecule has 2 aromatic rings. The van der Waals surface area contributed by atoms with Gasteiger partial charge in [-0.3, -0.25) is 14.6 Å². The van der Waals surface area contributed by atoms with Gasteiger partial charge in [0.25, 0.3) is 0 Å². The van der Waals surface area contributed by atoms with Crippen molar-refractivity contribution in [2.24, 2.45) is 5.92 Å². The first kappa shape index (κ1) is 20.4. The van der Waals surface area contributed by atoms with Crippen molar-refractivity contribution in [2.45, 2.75) is 25.4 Å². The second kappa shape index (κ2) is 8.86. The molecule has 29 heavy (non-hydrogen) atoms. The standard InChI is InChI=1S/C23H24BrFN2O2/c24-19-3-6-21-18(11-19)13-27(22(21)15-28)12-16-7-9-26(10-8-16)14-23(29)17-1-4-20(25)5-2-17/h1-6,11,15-16,22H,7-10,12-14H2. The number of Topliss-reactive ketones (excluding diaryl/α,β-unsaturated/α-hetero) is 1.